The summed E-state index contributed by atoms with van der Waals surface area (Å²) >= 11 is 2.01. The molecule has 0 aliphatic carbocycles. The fourth-order valence-electron chi connectivity index (χ4n) is 1.21. The predicted octanol–water partition coefficient (Wildman–Crippen LogP) is 0.171. The minimum Gasteiger partial charge on any atom is -0.355 e. The summed E-state index contributed by atoms with van der Waals surface area (Å²) in [6.45, 7) is 5.70. The summed E-state index contributed by atoms with van der Waals surface area (Å²) in [5.41, 5.74) is 0. The lowest BCUT2D eigenvalue weighted by atomic mass is 10.4. The van der Waals surface area contributed by atoms with Crippen molar-refractivity contribution < 1.29 is 4.79 Å². The summed E-state index contributed by atoms with van der Waals surface area (Å²) in [5, 5.41) is 2.81. The van der Waals surface area contributed by atoms with Crippen LogP contribution in [0.2, 0.25) is 0 Å². The van der Waals surface area contributed by atoms with Crippen LogP contribution in [0.4, 0.5) is 0 Å². The highest BCUT2D eigenvalue weighted by Gasteiger charge is 2.08. The maximum Gasteiger partial charge on any atom is 0.216 e. The number of hydrogen-bond donors (Lipinski definition) is 1. The Bertz CT molecular complexity index is 146. The summed E-state index contributed by atoms with van der Waals surface area (Å²) in [5.74, 6) is 2.54. The standard InChI is InChI=1S/C8H16N2OS/c1-8(11)9-2-3-10-4-6-12-7-5-10/h2-7H2,1H3,(H,9,11). The van der Waals surface area contributed by atoms with E-state index in [1.54, 1.807) is 6.92 Å². The van der Waals surface area contributed by atoms with Gasteiger partial charge in [-0.2, -0.15) is 11.8 Å². The van der Waals surface area contributed by atoms with Gasteiger partial charge in [0, 0.05) is 44.6 Å². The van der Waals surface area contributed by atoms with Gasteiger partial charge in [0.1, 0.15) is 0 Å². The van der Waals surface area contributed by atoms with Crippen LogP contribution in [0.25, 0.3) is 0 Å². The third-order valence-electron chi connectivity index (χ3n) is 1.91. The van der Waals surface area contributed by atoms with Crippen molar-refractivity contribution in [3.63, 3.8) is 0 Å². The first kappa shape index (κ1) is 9.86. The molecule has 1 N–H and O–H groups in total. The number of hydrogen-bond acceptors (Lipinski definition) is 3. The molecule has 0 aromatic carbocycles. The van der Waals surface area contributed by atoms with Crippen LogP contribution in [0, 0.1) is 0 Å². The third-order valence-corrected chi connectivity index (χ3v) is 2.85. The second-order valence-corrected chi connectivity index (χ2v) is 4.16. The zero-order valence-electron chi connectivity index (χ0n) is 7.51. The van der Waals surface area contributed by atoms with Gasteiger partial charge in [0.25, 0.3) is 0 Å². The Morgan fingerprint density at radius 2 is 2.17 bits per heavy atom. The molecule has 1 fully saturated rings. The summed E-state index contributed by atoms with van der Waals surface area (Å²) < 4.78 is 0. The number of amides is 1. The molecular formula is C8H16N2OS. The minimum absolute atomic E-state index is 0.0707. The molecule has 12 heavy (non-hydrogen) atoms. The molecule has 0 unspecified atom stereocenters. The molecule has 0 aromatic heterocycles. The van der Waals surface area contributed by atoms with Gasteiger partial charge in [-0.25, -0.2) is 0 Å². The molecule has 1 aliphatic heterocycles. The molecule has 1 amide bonds. The molecule has 70 valence electrons. The topological polar surface area (TPSA) is 32.3 Å². The fraction of sp³-hybridized carbons (Fsp3) is 0.875. The van der Waals surface area contributed by atoms with Crippen molar-refractivity contribution in [2.75, 3.05) is 37.7 Å². The highest BCUT2D eigenvalue weighted by atomic mass is 32.2. The van der Waals surface area contributed by atoms with Gasteiger partial charge in [-0.15, -0.1) is 0 Å². The van der Waals surface area contributed by atoms with E-state index in [9.17, 15) is 4.79 Å². The Balaban J connectivity index is 2.01. The van der Waals surface area contributed by atoms with Crippen LogP contribution >= 0.6 is 11.8 Å². The maximum atomic E-state index is 10.6. The van der Waals surface area contributed by atoms with E-state index in [0.717, 1.165) is 13.1 Å². The Morgan fingerprint density at radius 3 is 2.75 bits per heavy atom. The lowest BCUT2D eigenvalue weighted by Gasteiger charge is -2.25. The molecule has 0 radical (unpaired) electrons. The Morgan fingerprint density at radius 1 is 1.50 bits per heavy atom. The number of thioether (sulfide) groups is 1. The summed E-state index contributed by atoms with van der Waals surface area (Å²) in [6.07, 6.45) is 0. The summed E-state index contributed by atoms with van der Waals surface area (Å²) in [6, 6.07) is 0. The highest BCUT2D eigenvalue weighted by molar-refractivity contribution is 7.99. The molecule has 4 heteroatoms. The van der Waals surface area contributed by atoms with Gasteiger partial charge < -0.3 is 5.32 Å². The first-order chi connectivity index (χ1) is 5.79. The van der Waals surface area contributed by atoms with Gasteiger partial charge in [-0.1, -0.05) is 0 Å². The molecule has 1 heterocycles. The molecule has 1 aliphatic rings. The lowest BCUT2D eigenvalue weighted by molar-refractivity contribution is -0.119. The Kier molecular flexibility index (Phi) is 4.46. The number of carbonyl (C=O) groups is 1. The van der Waals surface area contributed by atoms with E-state index in [0.29, 0.717) is 0 Å². The Labute approximate surface area is 77.9 Å². The van der Waals surface area contributed by atoms with E-state index >= 15 is 0 Å². The van der Waals surface area contributed by atoms with E-state index < -0.39 is 0 Å². The smallest absolute Gasteiger partial charge is 0.216 e. The van der Waals surface area contributed by atoms with Gasteiger partial charge in [0.05, 0.1) is 0 Å². The van der Waals surface area contributed by atoms with Crippen LogP contribution in [0.15, 0.2) is 0 Å². The second-order valence-electron chi connectivity index (χ2n) is 2.94. The summed E-state index contributed by atoms with van der Waals surface area (Å²) in [7, 11) is 0. The number of nitrogens with one attached hydrogen (secondary N) is 1. The average molecular weight is 188 g/mol. The van der Waals surface area contributed by atoms with Gasteiger partial charge >= 0.3 is 0 Å². The van der Waals surface area contributed by atoms with E-state index in [1.165, 1.54) is 24.6 Å². The number of carbonyl (C=O) groups excluding carboxylic acids is 1. The van der Waals surface area contributed by atoms with Crippen molar-refractivity contribution >= 4 is 17.7 Å². The molecular weight excluding hydrogens is 172 g/mol. The molecule has 0 aromatic rings. The van der Waals surface area contributed by atoms with Crippen LogP contribution < -0.4 is 5.32 Å². The molecule has 3 nitrogen and oxygen atoms in total. The van der Waals surface area contributed by atoms with E-state index in [2.05, 4.69) is 10.2 Å². The molecule has 0 spiro atoms. The van der Waals surface area contributed by atoms with E-state index in [-0.39, 0.29) is 5.91 Å². The maximum absolute atomic E-state index is 10.6. The normalized spacial score (nSPS) is 19.1. The zero-order chi connectivity index (χ0) is 8.81. The number of rotatable bonds is 3. The Hall–Kier alpha value is -0.220. The fourth-order valence-corrected chi connectivity index (χ4v) is 2.19. The van der Waals surface area contributed by atoms with Crippen molar-refractivity contribution in [2.45, 2.75) is 6.92 Å². The van der Waals surface area contributed by atoms with Crippen LogP contribution in [0.5, 0.6) is 0 Å². The molecule has 0 bridgehead atoms. The van der Waals surface area contributed by atoms with Crippen molar-refractivity contribution in [3.05, 3.63) is 0 Å². The quantitative estimate of drug-likeness (QED) is 0.685. The zero-order valence-corrected chi connectivity index (χ0v) is 8.32. The highest BCUT2D eigenvalue weighted by Crippen LogP contribution is 2.07. The second kappa shape index (κ2) is 5.43. The first-order valence-corrected chi connectivity index (χ1v) is 5.49. The molecule has 0 atom stereocenters. The monoisotopic (exact) mass is 188 g/mol. The molecule has 1 rings (SSSR count). The van der Waals surface area contributed by atoms with Crippen molar-refractivity contribution in [1.29, 1.82) is 0 Å². The van der Waals surface area contributed by atoms with E-state index in [1.807, 2.05) is 11.8 Å². The van der Waals surface area contributed by atoms with Crippen LogP contribution in [0.1, 0.15) is 6.92 Å². The van der Waals surface area contributed by atoms with E-state index in [4.69, 9.17) is 0 Å². The lowest BCUT2D eigenvalue weighted by Crippen LogP contribution is -2.38. The summed E-state index contributed by atoms with van der Waals surface area (Å²) in [4.78, 5) is 12.9. The average Bonchev–Trinajstić information content (AvgIpc) is 2.05. The SMILES string of the molecule is CC(=O)NCCN1CCSCC1. The van der Waals surface area contributed by atoms with Crippen LogP contribution in [-0.4, -0.2) is 48.5 Å². The van der Waals surface area contributed by atoms with Crippen LogP contribution in [0.3, 0.4) is 0 Å². The van der Waals surface area contributed by atoms with Gasteiger partial charge in [-0.3, -0.25) is 9.69 Å². The van der Waals surface area contributed by atoms with Gasteiger partial charge in [0.2, 0.25) is 5.91 Å². The van der Waals surface area contributed by atoms with Gasteiger partial charge in [-0.05, 0) is 0 Å². The first-order valence-electron chi connectivity index (χ1n) is 4.33. The third kappa shape index (κ3) is 3.97. The van der Waals surface area contributed by atoms with Crippen molar-refractivity contribution in [2.24, 2.45) is 0 Å². The molecule has 1 saturated heterocycles. The number of nitrogens with zero attached hydrogens (tertiary/aromatic N) is 1. The molecule has 0 saturated carbocycles. The predicted molar refractivity (Wildman–Crippen MR) is 52.4 cm³/mol. The van der Waals surface area contributed by atoms with Crippen molar-refractivity contribution in [3.8, 4) is 0 Å². The van der Waals surface area contributed by atoms with Gasteiger partial charge in [0.15, 0.2) is 0 Å². The van der Waals surface area contributed by atoms with Crippen molar-refractivity contribution in [1.82, 2.24) is 10.2 Å². The minimum atomic E-state index is 0.0707. The largest absolute Gasteiger partial charge is 0.355 e. The van der Waals surface area contributed by atoms with Crippen LogP contribution in [-0.2, 0) is 4.79 Å².